The Morgan fingerprint density at radius 1 is 1.42 bits per heavy atom. The molecule has 0 spiro atoms. The summed E-state index contributed by atoms with van der Waals surface area (Å²) in [6.45, 7) is 9.55. The first-order valence-electron chi connectivity index (χ1n) is 8.59. The summed E-state index contributed by atoms with van der Waals surface area (Å²) in [6.07, 6.45) is -0.723. The molecule has 1 aromatic carbocycles. The number of hydrogen-bond acceptors (Lipinski definition) is 3. The lowest BCUT2D eigenvalue weighted by Crippen LogP contribution is -2.49. The van der Waals surface area contributed by atoms with Crippen molar-refractivity contribution in [1.82, 2.24) is 10.2 Å². The second-order valence-electron chi connectivity index (χ2n) is 6.36. The summed E-state index contributed by atoms with van der Waals surface area (Å²) in [4.78, 5) is 6.89. The van der Waals surface area contributed by atoms with E-state index in [1.165, 1.54) is 12.1 Å². The van der Waals surface area contributed by atoms with Crippen LogP contribution >= 0.6 is 11.8 Å². The summed E-state index contributed by atoms with van der Waals surface area (Å²) in [5, 5.41) is 14.2. The van der Waals surface area contributed by atoms with Gasteiger partial charge in [0.1, 0.15) is 5.82 Å². The molecule has 2 N–H and O–H groups in total. The summed E-state index contributed by atoms with van der Waals surface area (Å²) in [7, 11) is 0. The second-order valence-corrected chi connectivity index (χ2v) is 7.71. The maximum atomic E-state index is 13.0. The Labute approximate surface area is 148 Å². The summed E-state index contributed by atoms with van der Waals surface area (Å²) in [5.74, 6) is 2.27. The van der Waals surface area contributed by atoms with Crippen LogP contribution in [0.2, 0.25) is 0 Å². The first kappa shape index (κ1) is 19.1. The molecule has 2 atom stereocenters. The standard InChI is InChI=1S/C18H28FN3OS/c1-4-20-18(22-9-10-24-17(12-22)13(2)3)21-11-16(23)14-5-7-15(19)8-6-14/h5-8,13,16-17,23H,4,9-12H2,1-3H3,(H,20,21). The zero-order valence-electron chi connectivity index (χ0n) is 14.7. The predicted octanol–water partition coefficient (Wildman–Crippen LogP) is 2.90. The van der Waals surface area contributed by atoms with Gasteiger partial charge in [0.25, 0.3) is 0 Å². The van der Waals surface area contributed by atoms with Crippen LogP contribution in [0, 0.1) is 11.7 Å². The molecule has 0 saturated carbocycles. The van der Waals surface area contributed by atoms with Gasteiger partial charge in [-0.05, 0) is 30.5 Å². The van der Waals surface area contributed by atoms with E-state index in [1.807, 2.05) is 18.7 Å². The van der Waals surface area contributed by atoms with Gasteiger partial charge in [-0.3, -0.25) is 4.99 Å². The lowest BCUT2D eigenvalue weighted by atomic mass is 10.1. The van der Waals surface area contributed by atoms with Crippen LogP contribution in [0.15, 0.2) is 29.3 Å². The molecule has 1 aliphatic rings. The molecule has 1 aliphatic heterocycles. The zero-order chi connectivity index (χ0) is 17.5. The van der Waals surface area contributed by atoms with Gasteiger partial charge < -0.3 is 15.3 Å². The van der Waals surface area contributed by atoms with E-state index < -0.39 is 6.10 Å². The third-order valence-corrected chi connectivity index (χ3v) is 5.68. The number of hydrogen-bond donors (Lipinski definition) is 2. The molecule has 0 radical (unpaired) electrons. The van der Waals surface area contributed by atoms with Crippen LogP contribution < -0.4 is 5.32 Å². The maximum Gasteiger partial charge on any atom is 0.194 e. The molecule has 2 unspecified atom stereocenters. The van der Waals surface area contributed by atoms with Gasteiger partial charge in [-0.25, -0.2) is 4.39 Å². The number of guanidine groups is 1. The van der Waals surface area contributed by atoms with Crippen molar-refractivity contribution < 1.29 is 9.50 Å². The Bertz CT molecular complexity index is 536. The molecule has 6 heteroatoms. The van der Waals surface area contributed by atoms with Crippen LogP contribution in [0.1, 0.15) is 32.4 Å². The van der Waals surface area contributed by atoms with Crippen LogP contribution in [0.25, 0.3) is 0 Å². The molecular formula is C18H28FN3OS. The van der Waals surface area contributed by atoms with Gasteiger partial charge in [0.15, 0.2) is 5.96 Å². The first-order valence-corrected chi connectivity index (χ1v) is 9.64. The fourth-order valence-corrected chi connectivity index (χ4v) is 3.96. The minimum atomic E-state index is -0.723. The SMILES string of the molecule is CCNC(=NCC(O)c1ccc(F)cc1)N1CCSC(C(C)C)C1. The summed E-state index contributed by atoms with van der Waals surface area (Å²) in [5.41, 5.74) is 0.685. The Hall–Kier alpha value is -1.27. The number of nitrogens with one attached hydrogen (secondary N) is 1. The third-order valence-electron chi connectivity index (χ3n) is 4.14. The van der Waals surface area contributed by atoms with E-state index >= 15 is 0 Å². The minimum Gasteiger partial charge on any atom is -0.386 e. The molecule has 2 rings (SSSR count). The number of aliphatic hydroxyl groups is 1. The number of rotatable bonds is 5. The topological polar surface area (TPSA) is 47.9 Å². The van der Waals surface area contributed by atoms with E-state index in [9.17, 15) is 9.50 Å². The van der Waals surface area contributed by atoms with Crippen molar-refractivity contribution >= 4 is 17.7 Å². The quantitative estimate of drug-likeness (QED) is 0.631. The molecule has 0 bridgehead atoms. The predicted molar refractivity (Wildman–Crippen MR) is 100.0 cm³/mol. The van der Waals surface area contributed by atoms with Crippen LogP contribution in [0.3, 0.4) is 0 Å². The minimum absolute atomic E-state index is 0.268. The highest BCUT2D eigenvalue weighted by Gasteiger charge is 2.25. The fraction of sp³-hybridized carbons (Fsp3) is 0.611. The number of halogens is 1. The Kier molecular flexibility index (Phi) is 7.37. The molecule has 24 heavy (non-hydrogen) atoms. The van der Waals surface area contributed by atoms with Crippen LogP contribution in [-0.2, 0) is 0 Å². The van der Waals surface area contributed by atoms with Crippen molar-refractivity contribution in [1.29, 1.82) is 0 Å². The summed E-state index contributed by atoms with van der Waals surface area (Å²) in [6, 6.07) is 5.94. The maximum absolute atomic E-state index is 13.0. The molecule has 4 nitrogen and oxygen atoms in total. The molecule has 1 aromatic rings. The molecule has 1 fully saturated rings. The number of nitrogens with zero attached hydrogens (tertiary/aromatic N) is 2. The van der Waals surface area contributed by atoms with Gasteiger partial charge in [-0.15, -0.1) is 0 Å². The van der Waals surface area contributed by atoms with Crippen molar-refractivity contribution in [3.05, 3.63) is 35.6 Å². The van der Waals surface area contributed by atoms with Gasteiger partial charge in [0.2, 0.25) is 0 Å². The Morgan fingerprint density at radius 3 is 2.75 bits per heavy atom. The average Bonchev–Trinajstić information content (AvgIpc) is 2.59. The molecule has 0 aliphatic carbocycles. The fourth-order valence-electron chi connectivity index (χ4n) is 2.66. The van der Waals surface area contributed by atoms with Crippen LogP contribution in [0.4, 0.5) is 4.39 Å². The summed E-state index contributed by atoms with van der Waals surface area (Å²) >= 11 is 2.02. The van der Waals surface area contributed by atoms with E-state index in [1.54, 1.807) is 12.1 Å². The normalized spacial score (nSPS) is 20.3. The van der Waals surface area contributed by atoms with Crippen molar-refractivity contribution in [2.75, 3.05) is 31.9 Å². The molecule has 1 saturated heterocycles. The van der Waals surface area contributed by atoms with Crippen LogP contribution in [0.5, 0.6) is 0 Å². The highest BCUT2D eigenvalue weighted by molar-refractivity contribution is 8.00. The lowest BCUT2D eigenvalue weighted by Gasteiger charge is -2.36. The second kappa shape index (κ2) is 9.28. The molecule has 0 amide bonds. The zero-order valence-corrected chi connectivity index (χ0v) is 15.5. The molecular weight excluding hydrogens is 325 g/mol. The van der Waals surface area contributed by atoms with Crippen LogP contribution in [-0.4, -0.2) is 53.1 Å². The van der Waals surface area contributed by atoms with Gasteiger partial charge in [-0.2, -0.15) is 11.8 Å². The highest BCUT2D eigenvalue weighted by atomic mass is 32.2. The number of benzene rings is 1. The largest absolute Gasteiger partial charge is 0.386 e. The molecule has 1 heterocycles. The summed E-state index contributed by atoms with van der Waals surface area (Å²) < 4.78 is 13.0. The van der Waals surface area contributed by atoms with E-state index in [4.69, 9.17) is 0 Å². The third kappa shape index (κ3) is 5.38. The van der Waals surface area contributed by atoms with Gasteiger partial charge >= 0.3 is 0 Å². The van der Waals surface area contributed by atoms with E-state index in [0.29, 0.717) is 16.7 Å². The Balaban J connectivity index is 2.03. The molecule has 134 valence electrons. The van der Waals surface area contributed by atoms with Gasteiger partial charge in [0.05, 0.1) is 12.6 Å². The first-order chi connectivity index (χ1) is 11.5. The number of thioether (sulfide) groups is 1. The van der Waals surface area contributed by atoms with Gasteiger partial charge in [-0.1, -0.05) is 26.0 Å². The number of aliphatic hydroxyl groups excluding tert-OH is 1. The highest BCUT2D eigenvalue weighted by Crippen LogP contribution is 2.25. The smallest absolute Gasteiger partial charge is 0.194 e. The van der Waals surface area contributed by atoms with Gasteiger partial charge in [0, 0.05) is 30.6 Å². The monoisotopic (exact) mass is 353 g/mol. The van der Waals surface area contributed by atoms with Crippen molar-refractivity contribution in [3.63, 3.8) is 0 Å². The molecule has 0 aromatic heterocycles. The van der Waals surface area contributed by atoms with Crippen molar-refractivity contribution in [3.8, 4) is 0 Å². The van der Waals surface area contributed by atoms with E-state index in [2.05, 4.69) is 29.1 Å². The lowest BCUT2D eigenvalue weighted by molar-refractivity contribution is 0.186. The number of aliphatic imine (C=N–C) groups is 1. The van der Waals surface area contributed by atoms with E-state index in [-0.39, 0.29) is 12.4 Å². The van der Waals surface area contributed by atoms with Crippen molar-refractivity contribution in [2.24, 2.45) is 10.9 Å². The van der Waals surface area contributed by atoms with E-state index in [0.717, 1.165) is 31.3 Å². The van der Waals surface area contributed by atoms with Crippen molar-refractivity contribution in [2.45, 2.75) is 32.1 Å². The Morgan fingerprint density at radius 2 is 2.12 bits per heavy atom. The average molecular weight is 354 g/mol.